The number of carbonyl (C=O) groups excluding carboxylic acids is 1. The molecule has 0 atom stereocenters. The predicted molar refractivity (Wildman–Crippen MR) is 109 cm³/mol. The highest BCUT2D eigenvalue weighted by Gasteiger charge is 2.16. The molecule has 0 aliphatic carbocycles. The summed E-state index contributed by atoms with van der Waals surface area (Å²) in [4.78, 5) is 18.3. The van der Waals surface area contributed by atoms with E-state index in [1.165, 1.54) is 11.1 Å². The van der Waals surface area contributed by atoms with Crippen molar-refractivity contribution in [1.82, 2.24) is 15.0 Å². The maximum Gasteiger partial charge on any atom is 0.246 e. The van der Waals surface area contributed by atoms with Crippen molar-refractivity contribution in [2.24, 2.45) is 0 Å². The smallest absolute Gasteiger partial charge is 0.246 e. The van der Waals surface area contributed by atoms with E-state index in [2.05, 4.69) is 29.2 Å². The number of aromatic nitrogens is 2. The molecule has 140 valence electrons. The largest absolute Gasteiger partial charge is 0.337 e. The van der Waals surface area contributed by atoms with Crippen LogP contribution in [0.2, 0.25) is 5.02 Å². The Morgan fingerprint density at radius 1 is 1.19 bits per heavy atom. The molecule has 0 saturated carbocycles. The third-order valence-corrected chi connectivity index (χ3v) is 5.42. The van der Waals surface area contributed by atoms with E-state index in [0.29, 0.717) is 28.1 Å². The van der Waals surface area contributed by atoms with Gasteiger partial charge in [-0.05, 0) is 30.2 Å². The molecule has 27 heavy (non-hydrogen) atoms. The summed E-state index contributed by atoms with van der Waals surface area (Å²) in [5, 5.41) is 4.51. The second-order valence-corrected chi connectivity index (χ2v) is 7.55. The Balaban J connectivity index is 1.53. The minimum atomic E-state index is 0.0195. The molecule has 3 rings (SSSR count). The van der Waals surface area contributed by atoms with Gasteiger partial charge in [-0.25, -0.2) is 0 Å². The molecule has 0 aliphatic rings. The van der Waals surface area contributed by atoms with E-state index in [1.807, 2.05) is 30.3 Å². The first-order valence-electron chi connectivity index (χ1n) is 8.48. The van der Waals surface area contributed by atoms with Crippen molar-refractivity contribution in [3.63, 3.8) is 0 Å². The van der Waals surface area contributed by atoms with Gasteiger partial charge in [0.05, 0.1) is 17.3 Å². The maximum absolute atomic E-state index is 12.3. The highest BCUT2D eigenvalue weighted by atomic mass is 35.5. The van der Waals surface area contributed by atoms with E-state index in [0.717, 1.165) is 5.75 Å². The number of hydrogen-bond acceptors (Lipinski definition) is 5. The Kier molecular flexibility index (Phi) is 6.53. The number of halogens is 1. The first-order valence-corrected chi connectivity index (χ1v) is 10.0. The van der Waals surface area contributed by atoms with Gasteiger partial charge in [-0.15, -0.1) is 11.8 Å². The van der Waals surface area contributed by atoms with Crippen LogP contribution in [0.1, 0.15) is 17.0 Å². The molecule has 5 nitrogen and oxygen atoms in total. The summed E-state index contributed by atoms with van der Waals surface area (Å²) >= 11 is 7.75. The van der Waals surface area contributed by atoms with Crippen LogP contribution in [0.5, 0.6) is 0 Å². The number of rotatable bonds is 7. The molecule has 1 aromatic heterocycles. The lowest BCUT2D eigenvalue weighted by Crippen LogP contribution is -2.28. The van der Waals surface area contributed by atoms with Crippen molar-refractivity contribution < 1.29 is 9.32 Å². The first-order chi connectivity index (χ1) is 13.0. The summed E-state index contributed by atoms with van der Waals surface area (Å²) in [7, 11) is 1.73. The Morgan fingerprint density at radius 2 is 1.93 bits per heavy atom. The molecular formula is C20H20ClN3O2S. The number of thioether (sulfide) groups is 1. The summed E-state index contributed by atoms with van der Waals surface area (Å²) in [6.07, 6.45) is 0. The summed E-state index contributed by atoms with van der Waals surface area (Å²) in [6.45, 7) is 2.34. The molecule has 0 saturated heterocycles. The van der Waals surface area contributed by atoms with E-state index >= 15 is 0 Å². The van der Waals surface area contributed by atoms with E-state index in [9.17, 15) is 4.79 Å². The van der Waals surface area contributed by atoms with Crippen LogP contribution in [0, 0.1) is 6.92 Å². The van der Waals surface area contributed by atoms with Crippen molar-refractivity contribution in [1.29, 1.82) is 0 Å². The lowest BCUT2D eigenvalue weighted by Gasteiger charge is -2.14. The zero-order valence-electron chi connectivity index (χ0n) is 15.2. The zero-order chi connectivity index (χ0) is 19.2. The molecule has 0 N–H and O–H groups in total. The number of hydrogen-bond donors (Lipinski definition) is 0. The standard InChI is InChI=1S/C20H20ClN3O2S/c1-14-7-3-4-8-15(14)12-27-13-19(25)24(2)11-18-22-20(23-26-18)16-9-5-6-10-17(16)21/h3-10H,11-13H2,1-2H3. The van der Waals surface area contributed by atoms with Crippen molar-refractivity contribution in [2.75, 3.05) is 12.8 Å². The van der Waals surface area contributed by atoms with Crippen LogP contribution in [-0.4, -0.2) is 33.7 Å². The summed E-state index contributed by atoms with van der Waals surface area (Å²) in [6, 6.07) is 15.5. The van der Waals surface area contributed by atoms with Gasteiger partial charge < -0.3 is 9.42 Å². The van der Waals surface area contributed by atoms with Crippen molar-refractivity contribution in [3.8, 4) is 11.4 Å². The van der Waals surface area contributed by atoms with Crippen molar-refractivity contribution in [2.45, 2.75) is 19.2 Å². The van der Waals surface area contributed by atoms with E-state index in [1.54, 1.807) is 29.8 Å². The average molecular weight is 402 g/mol. The van der Waals surface area contributed by atoms with Gasteiger partial charge >= 0.3 is 0 Å². The van der Waals surface area contributed by atoms with Gasteiger partial charge in [-0.1, -0.05) is 53.2 Å². The van der Waals surface area contributed by atoms with E-state index in [4.69, 9.17) is 16.1 Å². The van der Waals surface area contributed by atoms with Crippen LogP contribution in [-0.2, 0) is 17.1 Å². The van der Waals surface area contributed by atoms with Crippen LogP contribution < -0.4 is 0 Å². The van der Waals surface area contributed by atoms with Crippen LogP contribution in [0.25, 0.3) is 11.4 Å². The van der Waals surface area contributed by atoms with E-state index in [-0.39, 0.29) is 12.5 Å². The molecule has 0 aliphatic heterocycles. The second kappa shape index (κ2) is 9.06. The van der Waals surface area contributed by atoms with Gasteiger partial charge in [0.15, 0.2) is 0 Å². The van der Waals surface area contributed by atoms with Gasteiger partial charge in [0.1, 0.15) is 0 Å². The summed E-state index contributed by atoms with van der Waals surface area (Å²) < 4.78 is 5.26. The first kappa shape index (κ1) is 19.5. The predicted octanol–water partition coefficient (Wildman–Crippen LogP) is 4.59. The minimum Gasteiger partial charge on any atom is -0.337 e. The van der Waals surface area contributed by atoms with Gasteiger partial charge in [0.25, 0.3) is 0 Å². The van der Waals surface area contributed by atoms with Crippen LogP contribution >= 0.6 is 23.4 Å². The Hall–Kier alpha value is -2.31. The second-order valence-electron chi connectivity index (χ2n) is 6.16. The summed E-state index contributed by atoms with van der Waals surface area (Å²) in [5.41, 5.74) is 3.19. The SMILES string of the molecule is Cc1ccccc1CSCC(=O)N(C)Cc1nc(-c2ccccc2Cl)no1. The minimum absolute atomic E-state index is 0.0195. The fourth-order valence-electron chi connectivity index (χ4n) is 2.49. The molecule has 3 aromatic rings. The van der Waals surface area contributed by atoms with Gasteiger partial charge in [-0.2, -0.15) is 4.98 Å². The lowest BCUT2D eigenvalue weighted by molar-refractivity contribution is -0.127. The highest BCUT2D eigenvalue weighted by molar-refractivity contribution is 7.99. The number of benzene rings is 2. The van der Waals surface area contributed by atoms with Gasteiger partial charge in [0.2, 0.25) is 17.6 Å². The average Bonchev–Trinajstić information content (AvgIpc) is 3.11. The normalized spacial score (nSPS) is 10.8. The van der Waals surface area contributed by atoms with Crippen molar-refractivity contribution >= 4 is 29.3 Å². The lowest BCUT2D eigenvalue weighted by atomic mass is 10.1. The monoisotopic (exact) mass is 401 g/mol. The molecular weight excluding hydrogens is 382 g/mol. The zero-order valence-corrected chi connectivity index (χ0v) is 16.8. The van der Waals surface area contributed by atoms with Crippen LogP contribution in [0.15, 0.2) is 53.1 Å². The number of amides is 1. The van der Waals surface area contributed by atoms with Gasteiger partial charge in [0, 0.05) is 18.4 Å². The topological polar surface area (TPSA) is 59.2 Å². The fourth-order valence-corrected chi connectivity index (χ4v) is 3.75. The molecule has 0 radical (unpaired) electrons. The number of nitrogens with zero attached hydrogens (tertiary/aromatic N) is 3. The molecule has 2 aromatic carbocycles. The Morgan fingerprint density at radius 3 is 2.70 bits per heavy atom. The molecule has 7 heteroatoms. The van der Waals surface area contributed by atoms with E-state index < -0.39 is 0 Å². The third kappa shape index (κ3) is 5.11. The quantitative estimate of drug-likeness (QED) is 0.579. The molecule has 0 spiro atoms. The fraction of sp³-hybridized carbons (Fsp3) is 0.250. The maximum atomic E-state index is 12.3. The molecule has 0 unspecified atom stereocenters. The summed E-state index contributed by atoms with van der Waals surface area (Å²) in [5.74, 6) is 2.03. The number of aryl methyl sites for hydroxylation is 1. The Labute approximate surface area is 167 Å². The van der Waals surface area contributed by atoms with Gasteiger partial charge in [-0.3, -0.25) is 4.79 Å². The highest BCUT2D eigenvalue weighted by Crippen LogP contribution is 2.25. The molecule has 1 heterocycles. The molecule has 1 amide bonds. The molecule has 0 bridgehead atoms. The third-order valence-electron chi connectivity index (χ3n) is 4.13. The molecule has 0 fully saturated rings. The Bertz CT molecular complexity index is 929. The van der Waals surface area contributed by atoms with Crippen molar-refractivity contribution in [3.05, 3.63) is 70.6 Å². The van der Waals surface area contributed by atoms with Crippen LogP contribution in [0.4, 0.5) is 0 Å². The van der Waals surface area contributed by atoms with Crippen LogP contribution in [0.3, 0.4) is 0 Å². The number of carbonyl (C=O) groups is 1.